The van der Waals surface area contributed by atoms with E-state index in [0.717, 1.165) is 28.9 Å². The van der Waals surface area contributed by atoms with Crippen molar-refractivity contribution in [2.24, 2.45) is 11.8 Å². The van der Waals surface area contributed by atoms with Crippen LogP contribution < -0.4 is 5.32 Å². The summed E-state index contributed by atoms with van der Waals surface area (Å²) < 4.78 is 0. The topological polar surface area (TPSA) is 86.8 Å². The highest BCUT2D eigenvalue weighted by Gasteiger charge is 2.48. The molecule has 0 spiro atoms. The molecule has 7 heteroatoms. The number of hydrogen-bond donors (Lipinski definition) is 1. The zero-order chi connectivity index (χ0) is 20.4. The molecule has 1 aliphatic heterocycles. The summed E-state index contributed by atoms with van der Waals surface area (Å²) in [6.07, 6.45) is 3.32. The average molecular weight is 385 g/mol. The van der Waals surface area contributed by atoms with E-state index in [9.17, 15) is 19.2 Å². The summed E-state index contributed by atoms with van der Waals surface area (Å²) >= 11 is 0. The van der Waals surface area contributed by atoms with Gasteiger partial charge in [-0.25, -0.2) is 0 Å². The number of likely N-dealkylation sites (N-methyl/N-ethyl adjacent to an activating group) is 1. The summed E-state index contributed by atoms with van der Waals surface area (Å²) in [4.78, 5) is 52.1. The number of rotatable bonds is 5. The third-order valence-corrected chi connectivity index (χ3v) is 5.70. The Kier molecular flexibility index (Phi) is 5.82. The fourth-order valence-electron chi connectivity index (χ4n) is 4.01. The molecule has 1 aliphatic carbocycles. The van der Waals surface area contributed by atoms with Crippen molar-refractivity contribution in [1.29, 1.82) is 0 Å². The number of aryl methyl sites for hydroxylation is 2. The zero-order valence-electron chi connectivity index (χ0n) is 16.7. The average Bonchev–Trinajstić information content (AvgIpc) is 2.90. The second-order valence-corrected chi connectivity index (χ2v) is 7.88. The highest BCUT2D eigenvalue weighted by Crippen LogP contribution is 2.37. The van der Waals surface area contributed by atoms with Crippen LogP contribution in [0.2, 0.25) is 0 Å². The summed E-state index contributed by atoms with van der Waals surface area (Å²) in [5, 5.41) is 2.81. The van der Waals surface area contributed by atoms with Gasteiger partial charge in [0.25, 0.3) is 0 Å². The minimum absolute atomic E-state index is 0.144. The number of benzene rings is 1. The van der Waals surface area contributed by atoms with Crippen molar-refractivity contribution in [3.63, 3.8) is 0 Å². The Balaban J connectivity index is 1.57. The molecular formula is C21H27N3O4. The maximum atomic E-state index is 12.5. The van der Waals surface area contributed by atoms with E-state index in [4.69, 9.17) is 0 Å². The van der Waals surface area contributed by atoms with Crippen LogP contribution in [0.3, 0.4) is 0 Å². The van der Waals surface area contributed by atoms with E-state index in [1.54, 1.807) is 0 Å². The molecule has 1 saturated carbocycles. The number of hydrogen-bond acceptors (Lipinski definition) is 4. The van der Waals surface area contributed by atoms with Crippen LogP contribution in [0.5, 0.6) is 0 Å². The molecular weight excluding hydrogens is 358 g/mol. The molecule has 7 nitrogen and oxygen atoms in total. The first-order valence-corrected chi connectivity index (χ1v) is 9.74. The maximum absolute atomic E-state index is 12.5. The first kappa shape index (κ1) is 20.0. The molecule has 1 aromatic rings. The lowest BCUT2D eigenvalue weighted by molar-refractivity contribution is -0.146. The Morgan fingerprint density at radius 2 is 1.71 bits per heavy atom. The van der Waals surface area contributed by atoms with Gasteiger partial charge >= 0.3 is 0 Å². The van der Waals surface area contributed by atoms with Crippen LogP contribution in [0.4, 0.5) is 5.69 Å². The van der Waals surface area contributed by atoms with Crippen molar-refractivity contribution in [3.05, 3.63) is 29.3 Å². The number of amides is 4. The lowest BCUT2D eigenvalue weighted by Gasteiger charge is -2.21. The van der Waals surface area contributed by atoms with E-state index in [0.29, 0.717) is 18.5 Å². The van der Waals surface area contributed by atoms with Gasteiger partial charge in [0.2, 0.25) is 23.6 Å². The van der Waals surface area contributed by atoms with Gasteiger partial charge in [-0.1, -0.05) is 25.0 Å². The first-order valence-electron chi connectivity index (χ1n) is 9.74. The molecule has 0 bridgehead atoms. The first-order chi connectivity index (χ1) is 13.3. The van der Waals surface area contributed by atoms with Crippen molar-refractivity contribution >= 4 is 29.3 Å². The van der Waals surface area contributed by atoms with Crippen molar-refractivity contribution in [1.82, 2.24) is 9.80 Å². The number of carbonyl (C=O) groups is 4. The van der Waals surface area contributed by atoms with E-state index < -0.39 is 5.91 Å². The third-order valence-electron chi connectivity index (χ3n) is 5.70. The van der Waals surface area contributed by atoms with Crippen LogP contribution in [0.25, 0.3) is 0 Å². The van der Waals surface area contributed by atoms with Gasteiger partial charge < -0.3 is 10.2 Å². The van der Waals surface area contributed by atoms with E-state index in [1.165, 1.54) is 11.9 Å². The van der Waals surface area contributed by atoms with Crippen molar-refractivity contribution in [3.8, 4) is 0 Å². The Morgan fingerprint density at radius 3 is 2.32 bits per heavy atom. The monoisotopic (exact) mass is 385 g/mol. The Hall–Kier alpha value is -2.70. The number of likely N-dealkylation sites (tertiary alicyclic amines) is 1. The maximum Gasteiger partial charge on any atom is 0.243 e. The summed E-state index contributed by atoms with van der Waals surface area (Å²) in [5.74, 6) is -1.76. The normalized spacial score (nSPS) is 21.5. The zero-order valence-corrected chi connectivity index (χ0v) is 16.7. The lowest BCUT2D eigenvalue weighted by Crippen LogP contribution is -2.44. The quantitative estimate of drug-likeness (QED) is 0.784. The number of nitrogens with zero attached hydrogens (tertiary/aromatic N) is 2. The molecule has 0 aromatic heterocycles. The van der Waals surface area contributed by atoms with Crippen LogP contribution in [-0.4, -0.2) is 53.6 Å². The molecule has 0 radical (unpaired) electrons. The standard InChI is InChI=1S/C21H27N3O4/c1-13-8-9-14(2)17(10-13)22-18(25)11-23(3)19(26)12-24-20(27)15-6-4-5-7-16(15)21(24)28/h8-10,15-16H,4-7,11-12H2,1-3H3,(H,22,25)/t15-,16+. The minimum Gasteiger partial charge on any atom is -0.335 e. The predicted molar refractivity (Wildman–Crippen MR) is 104 cm³/mol. The predicted octanol–water partition coefficient (Wildman–Crippen LogP) is 1.88. The smallest absolute Gasteiger partial charge is 0.243 e. The van der Waals surface area contributed by atoms with Gasteiger partial charge in [-0.2, -0.15) is 0 Å². The van der Waals surface area contributed by atoms with Gasteiger partial charge in [-0.3, -0.25) is 24.1 Å². The highest BCUT2D eigenvalue weighted by atomic mass is 16.2. The minimum atomic E-state index is -0.420. The molecule has 1 aromatic carbocycles. The summed E-state index contributed by atoms with van der Waals surface area (Å²) in [6.45, 7) is 3.40. The van der Waals surface area contributed by atoms with Crippen LogP contribution in [0.1, 0.15) is 36.8 Å². The molecule has 2 fully saturated rings. The van der Waals surface area contributed by atoms with Gasteiger partial charge in [0.05, 0.1) is 18.4 Å². The van der Waals surface area contributed by atoms with Gasteiger partial charge in [-0.05, 0) is 43.9 Å². The second-order valence-electron chi connectivity index (χ2n) is 7.88. The van der Waals surface area contributed by atoms with Crippen LogP contribution in [0.15, 0.2) is 18.2 Å². The largest absolute Gasteiger partial charge is 0.335 e. The molecule has 4 amide bonds. The Labute approximate surface area is 165 Å². The van der Waals surface area contributed by atoms with E-state index >= 15 is 0 Å². The Morgan fingerprint density at radius 1 is 1.11 bits per heavy atom. The van der Waals surface area contributed by atoms with E-state index in [-0.39, 0.29) is 42.6 Å². The Bertz CT molecular complexity index is 796. The van der Waals surface area contributed by atoms with Gasteiger partial charge in [0.1, 0.15) is 6.54 Å². The van der Waals surface area contributed by atoms with Crippen molar-refractivity contribution in [2.75, 3.05) is 25.5 Å². The molecule has 0 unspecified atom stereocenters. The van der Waals surface area contributed by atoms with E-state index in [1.807, 2.05) is 32.0 Å². The van der Waals surface area contributed by atoms with Gasteiger partial charge in [0.15, 0.2) is 0 Å². The number of fused-ring (bicyclic) bond motifs is 1. The SMILES string of the molecule is Cc1ccc(C)c(NC(=O)CN(C)C(=O)CN2C(=O)[C@H]3CCCC[C@H]3C2=O)c1. The summed E-state index contributed by atoms with van der Waals surface area (Å²) in [6, 6.07) is 5.75. The third kappa shape index (κ3) is 4.08. The van der Waals surface area contributed by atoms with E-state index in [2.05, 4.69) is 5.32 Å². The molecule has 3 rings (SSSR count). The molecule has 2 aliphatic rings. The molecule has 28 heavy (non-hydrogen) atoms. The molecule has 150 valence electrons. The second kappa shape index (κ2) is 8.12. The number of nitrogens with one attached hydrogen (secondary N) is 1. The molecule has 1 heterocycles. The van der Waals surface area contributed by atoms with Gasteiger partial charge in [0, 0.05) is 12.7 Å². The lowest BCUT2D eigenvalue weighted by atomic mass is 9.81. The van der Waals surface area contributed by atoms with Crippen LogP contribution >= 0.6 is 0 Å². The summed E-state index contributed by atoms with van der Waals surface area (Å²) in [7, 11) is 1.50. The highest BCUT2D eigenvalue weighted by molar-refractivity contribution is 6.07. The molecule has 2 atom stereocenters. The number of imide groups is 1. The van der Waals surface area contributed by atoms with Crippen molar-refractivity contribution in [2.45, 2.75) is 39.5 Å². The fraction of sp³-hybridized carbons (Fsp3) is 0.524. The molecule has 1 N–H and O–H groups in total. The van der Waals surface area contributed by atoms with Crippen LogP contribution in [-0.2, 0) is 19.2 Å². The van der Waals surface area contributed by atoms with Crippen molar-refractivity contribution < 1.29 is 19.2 Å². The van der Waals surface area contributed by atoms with Gasteiger partial charge in [-0.15, -0.1) is 0 Å². The summed E-state index contributed by atoms with van der Waals surface area (Å²) in [5.41, 5.74) is 2.67. The fourth-order valence-corrected chi connectivity index (χ4v) is 4.01. The number of carbonyl (C=O) groups excluding carboxylic acids is 4. The number of anilines is 1. The van der Waals surface area contributed by atoms with Crippen LogP contribution in [0, 0.1) is 25.7 Å². The molecule has 1 saturated heterocycles.